The number of rotatable bonds is 30. The zero-order valence-corrected chi connectivity index (χ0v) is 56.9. The lowest BCUT2D eigenvalue weighted by molar-refractivity contribution is -0.386. The lowest BCUT2D eigenvalue weighted by atomic mass is 10.1. The topological polar surface area (TPSA) is 704 Å². The molecular formula is C48H63N15O31P6. The van der Waals surface area contributed by atoms with Crippen molar-refractivity contribution in [2.75, 3.05) is 44.3 Å². The maximum atomic E-state index is 12.1. The lowest BCUT2D eigenvalue weighted by Gasteiger charge is -2.19. The third kappa shape index (κ3) is 23.1. The predicted octanol–water partition coefficient (Wildman–Crippen LogP) is 2.19. The molecule has 0 bridgehead atoms. The molecule has 6 heterocycles. The van der Waals surface area contributed by atoms with Crippen molar-refractivity contribution in [3.8, 4) is 35.4 Å². The number of nitrogens with two attached hydrogens (primary N) is 4. The Labute approximate surface area is 561 Å². The van der Waals surface area contributed by atoms with Crippen LogP contribution >= 0.6 is 46.9 Å². The number of amides is 1. The van der Waals surface area contributed by atoms with E-state index in [2.05, 4.69) is 85.2 Å². The summed E-state index contributed by atoms with van der Waals surface area (Å²) in [6.07, 6.45) is -4.53. The Bertz CT molecular complexity index is 4440. The van der Waals surface area contributed by atoms with Crippen LogP contribution in [0.5, 0.6) is 11.8 Å². The number of nitrogen functional groups attached to an aromatic ring is 2. The fourth-order valence-corrected chi connectivity index (χ4v) is 15.3. The number of carbonyl (C=O) groups excluding carboxylic acids is 1. The molecule has 8 rings (SSSR count). The van der Waals surface area contributed by atoms with Crippen LogP contribution in [0.2, 0.25) is 0 Å². The van der Waals surface area contributed by atoms with Gasteiger partial charge in [-0.2, -0.15) is 37.2 Å². The minimum absolute atomic E-state index is 0.0393. The summed E-state index contributed by atoms with van der Waals surface area (Å²) in [6.45, 7) is 1.94. The van der Waals surface area contributed by atoms with Crippen LogP contribution in [0.15, 0.2) is 49.1 Å². The van der Waals surface area contributed by atoms with Crippen LogP contribution in [-0.2, 0) is 67.9 Å². The van der Waals surface area contributed by atoms with Crippen molar-refractivity contribution in [3.63, 3.8) is 0 Å². The summed E-state index contributed by atoms with van der Waals surface area (Å²) in [5, 5.41) is 47.5. The molecular weight excluding hydrogens is 1470 g/mol. The van der Waals surface area contributed by atoms with E-state index in [0.717, 1.165) is 12.8 Å². The van der Waals surface area contributed by atoms with Crippen molar-refractivity contribution in [1.82, 2.24) is 44.4 Å². The van der Waals surface area contributed by atoms with E-state index >= 15 is 0 Å². The second-order valence-electron chi connectivity index (χ2n) is 20.8. The van der Waals surface area contributed by atoms with Crippen LogP contribution in [-0.4, -0.2) is 161 Å². The molecule has 52 heteroatoms. The first-order valence-corrected chi connectivity index (χ1v) is 37.5. The number of nitro benzene ring substituents is 2. The van der Waals surface area contributed by atoms with E-state index in [-0.39, 0.29) is 100 Å². The number of phosphoric ester groups is 2. The molecule has 2 saturated heterocycles. The van der Waals surface area contributed by atoms with Gasteiger partial charge in [-0.1, -0.05) is 30.1 Å². The molecule has 0 spiro atoms. The number of aliphatic hydroxyl groups is 2. The van der Waals surface area contributed by atoms with E-state index in [1.165, 1.54) is 59.9 Å². The Hall–Kier alpha value is -7.29. The number of imidazole rings is 2. The molecule has 46 nitrogen and oxygen atoms in total. The third-order valence-electron chi connectivity index (χ3n) is 13.4. The lowest BCUT2D eigenvalue weighted by Crippen LogP contribution is -2.26. The van der Waals surface area contributed by atoms with Crippen LogP contribution in [0.3, 0.4) is 0 Å². The summed E-state index contributed by atoms with van der Waals surface area (Å²) < 4.78 is 119. The number of aliphatic hydroxyl groups excluding tert-OH is 2. The molecule has 100 heavy (non-hydrogen) atoms. The summed E-state index contributed by atoms with van der Waals surface area (Å²) in [5.74, 6) is 9.85. The quantitative estimate of drug-likeness (QED) is 0.0101. The van der Waals surface area contributed by atoms with Crippen molar-refractivity contribution in [2.45, 2.75) is 101 Å². The number of benzene rings is 2. The Morgan fingerprint density at radius 3 is 1.45 bits per heavy atom. The van der Waals surface area contributed by atoms with E-state index in [0.29, 0.717) is 30.5 Å². The Kier molecular flexibility index (Phi) is 26.9. The number of ether oxygens (including phenoxy) is 4. The van der Waals surface area contributed by atoms with E-state index in [9.17, 15) is 82.2 Å². The van der Waals surface area contributed by atoms with Gasteiger partial charge in [0.25, 0.3) is 11.4 Å². The molecule has 0 aliphatic carbocycles. The summed E-state index contributed by atoms with van der Waals surface area (Å²) in [6, 6.07) is 8.58. The zero-order chi connectivity index (χ0) is 73.9. The van der Waals surface area contributed by atoms with Crippen LogP contribution in [0, 0.1) is 43.9 Å². The highest BCUT2D eigenvalue weighted by molar-refractivity contribution is 7.67. The molecule has 12 atom stereocenters. The van der Waals surface area contributed by atoms with Gasteiger partial charge in [0, 0.05) is 42.5 Å². The monoisotopic (exact) mass is 1530 g/mol. The highest BCUT2D eigenvalue weighted by Gasteiger charge is 2.45. The average molecular weight is 1530 g/mol. The first-order valence-electron chi connectivity index (χ1n) is 28.4. The molecule has 4 aromatic heterocycles. The van der Waals surface area contributed by atoms with Crippen molar-refractivity contribution >= 4 is 98.4 Å². The average Bonchev–Trinajstić information content (AvgIpc) is 1.61. The molecule has 546 valence electrons. The van der Waals surface area contributed by atoms with Crippen molar-refractivity contribution in [2.24, 2.45) is 11.5 Å². The fraction of sp³-hybridized carbons (Fsp3) is 0.438. The number of aromatic nitrogens is 8. The minimum Gasteiger partial charge on any atom is -0.468 e. The first kappa shape index (κ1) is 80.0. The number of nitro groups is 2. The Morgan fingerprint density at radius 2 is 1.06 bits per heavy atom. The van der Waals surface area contributed by atoms with Crippen LogP contribution < -0.4 is 37.7 Å². The zero-order valence-electron chi connectivity index (χ0n) is 51.5. The number of nitrogens with zero attached hydrogens (tertiary/aromatic N) is 10. The SMILES string of the molecule is C[C@H](Oc1nc(N)nc2c1ncn2[C@H]1CC(O)[C@@H](COP(=O)(O)OP(=O)(O)OP(=O)(O)O)O1)c1ccc(C#CCN)cc1[N+](=O)[O-].C[C@H](Oc1nc(N)nc2c1ncn2[C@H]1CC(O)[C@@H](COP(=O)(O)OP(=O)(O)OP(=O)(O)O)O1)c1ccc(C#CCNC(=O)CCCCCN)cc1[N+](=O)[O-]. The van der Waals surface area contributed by atoms with Gasteiger partial charge < -0.3 is 96.6 Å². The van der Waals surface area contributed by atoms with Crippen molar-refractivity contribution in [3.05, 3.63) is 91.5 Å². The van der Waals surface area contributed by atoms with Gasteiger partial charge in [0.15, 0.2) is 22.3 Å². The maximum Gasteiger partial charge on any atom is 0.490 e. The van der Waals surface area contributed by atoms with Crippen LogP contribution in [0.25, 0.3) is 22.3 Å². The van der Waals surface area contributed by atoms with Gasteiger partial charge in [0.05, 0.1) is 72.1 Å². The second-order valence-corrected chi connectivity index (χ2v) is 29.7. The number of fused-ring (bicyclic) bond motifs is 2. The highest BCUT2D eigenvalue weighted by Crippen LogP contribution is 2.67. The number of anilines is 2. The largest absolute Gasteiger partial charge is 0.490 e. The van der Waals surface area contributed by atoms with Gasteiger partial charge in [-0.3, -0.25) is 43.2 Å². The third-order valence-corrected chi connectivity index (χ3v) is 21.0. The van der Waals surface area contributed by atoms with Gasteiger partial charge in [0.1, 0.15) is 36.9 Å². The predicted molar refractivity (Wildman–Crippen MR) is 336 cm³/mol. The minimum atomic E-state index is -5.76. The fourth-order valence-electron chi connectivity index (χ4n) is 9.26. The van der Waals surface area contributed by atoms with Crippen molar-refractivity contribution < 1.29 is 137 Å². The standard InChI is InChI=1S/C27H37N8O16P3.C21H26N7O15P3/c1-16(18-9-8-17(12-19(18)35(38)39)6-5-11-30-22(37)7-3-2-4-10-28)48-26-24-25(32-27(29)33-26)34(15-31-24)23-13-20(36)21(49-23)14-47-53(43,44)51-54(45,46)50-52(40,41)42;1-11(13-5-4-12(3-2-6-22)7-14(13)28(30)31)40-20-18-19(25-21(23)26-20)27(10-24-18)17-8-15(29)16(41-17)9-39-45(35,36)43-46(37,38)42-44(32,33)34/h8-9,12,15-16,20-21,23,36H,2-4,7,10-11,13-14,28H2,1H3,(H,30,37)(H,43,44)(H,45,46)(H2,29,32,33)(H2,40,41,42);4-5,7,10-11,15-17,29H,6,8-9,22H2,1H3,(H,35,36)(H,37,38)(H2,23,25,26)(H2,32,33,34)/t16-,20?,21+,23+;11-,15?,16+,17+/m00/s1. The Morgan fingerprint density at radius 1 is 0.640 bits per heavy atom. The van der Waals surface area contributed by atoms with Gasteiger partial charge in [-0.15, -0.1) is 0 Å². The molecule has 2 aliphatic rings. The smallest absolute Gasteiger partial charge is 0.468 e. The number of unbranched alkanes of at least 4 members (excludes halogenated alkanes) is 2. The number of hydrogen-bond acceptors (Lipinski definition) is 33. The van der Waals surface area contributed by atoms with Gasteiger partial charge in [0.2, 0.25) is 29.6 Å². The van der Waals surface area contributed by atoms with Crippen molar-refractivity contribution in [1.29, 1.82) is 0 Å². The molecule has 2 aromatic carbocycles. The van der Waals surface area contributed by atoms with Gasteiger partial charge >= 0.3 is 46.9 Å². The molecule has 1 amide bonds. The van der Waals surface area contributed by atoms with Crippen LogP contribution in [0.1, 0.15) is 99.3 Å². The molecule has 6 aromatic rings. The number of hydrogen-bond donors (Lipinski definition) is 15. The van der Waals surface area contributed by atoms with E-state index in [1.54, 1.807) is 12.1 Å². The summed E-state index contributed by atoms with van der Waals surface area (Å²) in [5.41, 5.74) is 23.3. The number of nitrogens with one attached hydrogen (secondary N) is 1. The molecule has 6 unspecified atom stereocenters. The first-order chi connectivity index (χ1) is 46.6. The second kappa shape index (κ2) is 33.7. The summed E-state index contributed by atoms with van der Waals surface area (Å²) >= 11 is 0. The number of carbonyl (C=O) groups is 1. The molecule has 19 N–H and O–H groups in total. The van der Waals surface area contributed by atoms with Crippen LogP contribution in [0.4, 0.5) is 23.3 Å². The van der Waals surface area contributed by atoms with E-state index in [4.69, 9.17) is 61.5 Å². The molecule has 0 saturated carbocycles. The molecule has 0 radical (unpaired) electrons. The normalized spacial score (nSPS) is 20.7. The molecule has 2 aliphatic heterocycles. The maximum absolute atomic E-state index is 12.1. The molecule has 2 fully saturated rings. The summed E-state index contributed by atoms with van der Waals surface area (Å²) in [4.78, 5) is 132. The van der Waals surface area contributed by atoms with E-state index in [1.807, 2.05) is 0 Å². The van der Waals surface area contributed by atoms with Gasteiger partial charge in [-0.25, -0.2) is 37.4 Å². The highest BCUT2D eigenvalue weighted by atomic mass is 31.3. The summed E-state index contributed by atoms with van der Waals surface area (Å²) in [7, 11) is -33.6. The Balaban J connectivity index is 0.000000284. The number of phosphoric acid groups is 6. The van der Waals surface area contributed by atoms with E-state index < -0.39 is 119 Å². The van der Waals surface area contributed by atoms with Gasteiger partial charge in [-0.05, 0) is 57.5 Å².